The molecule has 4 nitrogen and oxygen atoms in total. The standard InChI is InChI=1S/C19H28N2O2.ClH/c1-14(17(23-2)16-9-6-12-20-16)18(22)21-13-19(10-11-19)15-7-4-3-5-8-15;/h3-5,7-8,14,16-17,20H,6,9-13H2,1-2H3,(H,21,22);1H/t14-,16+,17-;/m1./s1. The van der Waals surface area contributed by atoms with Gasteiger partial charge in [0.15, 0.2) is 0 Å². The van der Waals surface area contributed by atoms with Gasteiger partial charge in [-0.2, -0.15) is 0 Å². The summed E-state index contributed by atoms with van der Waals surface area (Å²) in [6.07, 6.45) is 4.51. The summed E-state index contributed by atoms with van der Waals surface area (Å²) in [6, 6.07) is 10.8. The van der Waals surface area contributed by atoms with Crippen molar-refractivity contribution in [3.63, 3.8) is 0 Å². The molecule has 0 unspecified atom stereocenters. The van der Waals surface area contributed by atoms with Crippen molar-refractivity contribution in [3.05, 3.63) is 35.9 Å². The van der Waals surface area contributed by atoms with Gasteiger partial charge in [0.1, 0.15) is 0 Å². The van der Waals surface area contributed by atoms with Crippen molar-refractivity contribution in [3.8, 4) is 0 Å². The smallest absolute Gasteiger partial charge is 0.225 e. The van der Waals surface area contributed by atoms with Gasteiger partial charge in [0, 0.05) is 25.1 Å². The van der Waals surface area contributed by atoms with Gasteiger partial charge >= 0.3 is 0 Å². The maximum atomic E-state index is 12.6. The lowest BCUT2D eigenvalue weighted by Gasteiger charge is -2.28. The van der Waals surface area contributed by atoms with Gasteiger partial charge < -0.3 is 15.4 Å². The van der Waals surface area contributed by atoms with Gasteiger partial charge in [-0.3, -0.25) is 4.79 Å². The molecule has 2 aliphatic rings. The lowest BCUT2D eigenvalue weighted by molar-refractivity contribution is -0.129. The first-order valence-corrected chi connectivity index (χ1v) is 8.76. The third kappa shape index (κ3) is 4.11. The van der Waals surface area contributed by atoms with Crippen LogP contribution in [0.5, 0.6) is 0 Å². The van der Waals surface area contributed by atoms with Crippen LogP contribution >= 0.6 is 12.4 Å². The first-order chi connectivity index (χ1) is 11.2. The highest BCUT2D eigenvalue weighted by Crippen LogP contribution is 2.47. The molecule has 24 heavy (non-hydrogen) atoms. The second-order valence-electron chi connectivity index (χ2n) is 7.06. The topological polar surface area (TPSA) is 50.4 Å². The van der Waals surface area contributed by atoms with Crippen molar-refractivity contribution >= 4 is 18.3 Å². The number of amides is 1. The van der Waals surface area contributed by atoms with E-state index >= 15 is 0 Å². The van der Waals surface area contributed by atoms with Crippen LogP contribution in [0.1, 0.15) is 38.2 Å². The fraction of sp³-hybridized carbons (Fsp3) is 0.632. The molecular weight excluding hydrogens is 324 g/mol. The monoisotopic (exact) mass is 352 g/mol. The van der Waals surface area contributed by atoms with Crippen LogP contribution in [-0.2, 0) is 14.9 Å². The van der Waals surface area contributed by atoms with Crippen LogP contribution in [0.3, 0.4) is 0 Å². The van der Waals surface area contributed by atoms with Crippen molar-refractivity contribution in [1.29, 1.82) is 0 Å². The van der Waals surface area contributed by atoms with Crippen LogP contribution in [0.4, 0.5) is 0 Å². The van der Waals surface area contributed by atoms with Crippen LogP contribution in [0.25, 0.3) is 0 Å². The highest BCUT2D eigenvalue weighted by atomic mass is 35.5. The Morgan fingerprint density at radius 2 is 2.08 bits per heavy atom. The first kappa shape index (κ1) is 19.2. The van der Waals surface area contributed by atoms with E-state index in [0.717, 1.165) is 38.8 Å². The molecule has 0 bridgehead atoms. The Labute approximate surface area is 151 Å². The average molecular weight is 353 g/mol. The largest absolute Gasteiger partial charge is 0.379 e. The number of carbonyl (C=O) groups is 1. The Morgan fingerprint density at radius 1 is 1.38 bits per heavy atom. The summed E-state index contributed by atoms with van der Waals surface area (Å²) in [5.74, 6) is -0.0325. The van der Waals surface area contributed by atoms with E-state index in [1.807, 2.05) is 13.0 Å². The molecule has 0 aromatic heterocycles. The lowest BCUT2D eigenvalue weighted by atomic mass is 9.93. The van der Waals surface area contributed by atoms with Gasteiger partial charge in [0.25, 0.3) is 0 Å². The maximum Gasteiger partial charge on any atom is 0.225 e. The number of hydrogen-bond acceptors (Lipinski definition) is 3. The van der Waals surface area contributed by atoms with Crippen molar-refractivity contribution in [2.75, 3.05) is 20.2 Å². The molecule has 1 heterocycles. The fourth-order valence-electron chi connectivity index (χ4n) is 3.79. The molecule has 1 aliphatic carbocycles. The highest BCUT2D eigenvalue weighted by molar-refractivity contribution is 5.85. The summed E-state index contributed by atoms with van der Waals surface area (Å²) >= 11 is 0. The number of rotatable bonds is 7. The Balaban J connectivity index is 0.00000208. The number of hydrogen-bond donors (Lipinski definition) is 2. The third-order valence-electron chi connectivity index (χ3n) is 5.51. The molecule has 1 aromatic carbocycles. The molecule has 5 heteroatoms. The molecule has 1 amide bonds. The van der Waals surface area contributed by atoms with Crippen LogP contribution in [0.15, 0.2) is 30.3 Å². The molecule has 134 valence electrons. The number of ether oxygens (including phenoxy) is 1. The minimum Gasteiger partial charge on any atom is -0.379 e. The van der Waals surface area contributed by atoms with Gasteiger partial charge in [-0.1, -0.05) is 37.3 Å². The Morgan fingerprint density at radius 3 is 2.62 bits per heavy atom. The van der Waals surface area contributed by atoms with Gasteiger partial charge in [-0.05, 0) is 37.8 Å². The minimum absolute atomic E-state index is 0. The number of methoxy groups -OCH3 is 1. The Kier molecular flexibility index (Phi) is 6.67. The normalized spacial score (nSPS) is 23.8. The molecule has 0 radical (unpaired) electrons. The summed E-state index contributed by atoms with van der Waals surface area (Å²) < 4.78 is 5.63. The number of benzene rings is 1. The second kappa shape index (κ2) is 8.32. The molecule has 1 saturated carbocycles. The minimum atomic E-state index is -0.137. The van der Waals surface area contributed by atoms with Gasteiger partial charge in [0.05, 0.1) is 12.0 Å². The lowest BCUT2D eigenvalue weighted by Crippen LogP contribution is -2.47. The fourth-order valence-corrected chi connectivity index (χ4v) is 3.79. The summed E-state index contributed by atoms with van der Waals surface area (Å²) in [5, 5.41) is 6.62. The quantitative estimate of drug-likeness (QED) is 0.793. The molecule has 1 saturated heterocycles. The molecule has 1 aromatic rings. The van der Waals surface area contributed by atoms with E-state index in [-0.39, 0.29) is 35.8 Å². The van der Waals surface area contributed by atoms with E-state index in [0.29, 0.717) is 6.04 Å². The van der Waals surface area contributed by atoms with Crippen molar-refractivity contribution < 1.29 is 9.53 Å². The Hall–Kier alpha value is -1.10. The summed E-state index contributed by atoms with van der Waals surface area (Å²) in [6.45, 7) is 3.73. The van der Waals surface area contributed by atoms with Crippen LogP contribution in [0.2, 0.25) is 0 Å². The van der Waals surface area contributed by atoms with E-state index in [1.165, 1.54) is 5.56 Å². The van der Waals surface area contributed by atoms with Crippen molar-refractivity contribution in [1.82, 2.24) is 10.6 Å². The molecular formula is C19H29ClN2O2. The predicted molar refractivity (Wildman–Crippen MR) is 98.6 cm³/mol. The zero-order valence-electron chi connectivity index (χ0n) is 14.6. The Bertz CT molecular complexity index is 527. The second-order valence-corrected chi connectivity index (χ2v) is 7.06. The number of carbonyl (C=O) groups excluding carboxylic acids is 1. The summed E-state index contributed by atoms with van der Waals surface area (Å²) in [7, 11) is 1.71. The third-order valence-corrected chi connectivity index (χ3v) is 5.51. The highest BCUT2D eigenvalue weighted by Gasteiger charge is 2.44. The van der Waals surface area contributed by atoms with Crippen molar-refractivity contribution in [2.24, 2.45) is 5.92 Å². The predicted octanol–water partition coefficient (Wildman–Crippen LogP) is 2.66. The maximum absolute atomic E-state index is 12.6. The molecule has 2 N–H and O–H groups in total. The molecule has 0 spiro atoms. The zero-order chi connectivity index (χ0) is 16.3. The molecule has 3 atom stereocenters. The van der Waals surface area contributed by atoms with E-state index in [2.05, 4.69) is 34.9 Å². The van der Waals surface area contributed by atoms with E-state index in [9.17, 15) is 4.79 Å². The molecule has 2 fully saturated rings. The van der Waals surface area contributed by atoms with Crippen LogP contribution < -0.4 is 10.6 Å². The van der Waals surface area contributed by atoms with Crippen molar-refractivity contribution in [2.45, 2.75) is 50.2 Å². The van der Waals surface area contributed by atoms with Crippen LogP contribution in [0, 0.1) is 5.92 Å². The molecule has 1 aliphatic heterocycles. The number of nitrogens with one attached hydrogen (secondary N) is 2. The first-order valence-electron chi connectivity index (χ1n) is 8.76. The summed E-state index contributed by atoms with van der Waals surface area (Å²) in [5.41, 5.74) is 1.50. The van der Waals surface area contributed by atoms with E-state index in [4.69, 9.17) is 4.74 Å². The zero-order valence-corrected chi connectivity index (χ0v) is 15.4. The van der Waals surface area contributed by atoms with Crippen LogP contribution in [-0.4, -0.2) is 38.3 Å². The van der Waals surface area contributed by atoms with Gasteiger partial charge in [-0.15, -0.1) is 12.4 Å². The SMILES string of the molecule is CO[C@@H]([C@@H]1CCCN1)[C@@H](C)C(=O)NCC1(c2ccccc2)CC1.Cl. The average Bonchev–Trinajstić information content (AvgIpc) is 3.20. The summed E-state index contributed by atoms with van der Waals surface area (Å²) in [4.78, 5) is 12.6. The van der Waals surface area contributed by atoms with E-state index in [1.54, 1.807) is 7.11 Å². The van der Waals surface area contributed by atoms with E-state index < -0.39 is 0 Å². The number of halogens is 1. The van der Waals surface area contributed by atoms with Gasteiger partial charge in [0.2, 0.25) is 5.91 Å². The van der Waals surface area contributed by atoms with Gasteiger partial charge in [-0.25, -0.2) is 0 Å². The molecule has 3 rings (SSSR count).